The number of likely N-dealkylation sites (tertiary alicyclic amines) is 1. The Morgan fingerprint density at radius 2 is 2.12 bits per heavy atom. The van der Waals surface area contributed by atoms with Gasteiger partial charge in [-0.3, -0.25) is 0 Å². The second kappa shape index (κ2) is 11.5. The summed E-state index contributed by atoms with van der Waals surface area (Å²) >= 11 is 3.48. The number of urea groups is 1. The summed E-state index contributed by atoms with van der Waals surface area (Å²) in [6.45, 7) is 4.67. The van der Waals surface area contributed by atoms with E-state index in [0.29, 0.717) is 19.6 Å². The number of nitrogens with two attached hydrogens (primary N) is 1. The summed E-state index contributed by atoms with van der Waals surface area (Å²) in [7, 11) is 1.66. The number of nitrogens with one attached hydrogen (secondary N) is 2. The van der Waals surface area contributed by atoms with E-state index in [1.54, 1.807) is 12.0 Å². The summed E-state index contributed by atoms with van der Waals surface area (Å²) < 4.78 is 6.39. The van der Waals surface area contributed by atoms with Crippen LogP contribution in [0.25, 0.3) is 0 Å². The van der Waals surface area contributed by atoms with E-state index in [4.69, 9.17) is 10.5 Å². The summed E-state index contributed by atoms with van der Waals surface area (Å²) in [5, 5.41) is 6.71. The molecule has 0 spiro atoms. The van der Waals surface area contributed by atoms with Gasteiger partial charge < -0.3 is 26.0 Å². The van der Waals surface area contributed by atoms with Crippen molar-refractivity contribution in [2.75, 3.05) is 26.7 Å². The first-order chi connectivity index (χ1) is 12.0. The second-order valence-electron chi connectivity index (χ2n) is 5.90. The van der Waals surface area contributed by atoms with Gasteiger partial charge in [-0.25, -0.2) is 9.79 Å². The summed E-state index contributed by atoms with van der Waals surface area (Å²) in [5.41, 5.74) is 6.34. The molecule has 1 saturated heterocycles. The Morgan fingerprint density at radius 3 is 2.69 bits per heavy atom. The van der Waals surface area contributed by atoms with Gasteiger partial charge in [0.25, 0.3) is 0 Å². The molecule has 0 saturated carbocycles. The zero-order valence-corrected chi connectivity index (χ0v) is 19.0. The van der Waals surface area contributed by atoms with Crippen LogP contribution in [0.1, 0.15) is 25.3 Å². The Kier molecular flexibility index (Phi) is 10.1. The molecule has 26 heavy (non-hydrogen) atoms. The number of hydrogen-bond acceptors (Lipinski definition) is 3. The van der Waals surface area contributed by atoms with Crippen LogP contribution in [0.2, 0.25) is 0 Å². The van der Waals surface area contributed by atoms with Gasteiger partial charge in [-0.1, -0.05) is 15.9 Å². The molecule has 0 unspecified atom stereocenters. The maximum atomic E-state index is 11.2. The number of hydrogen-bond donors (Lipinski definition) is 3. The van der Waals surface area contributed by atoms with Crippen molar-refractivity contribution < 1.29 is 9.53 Å². The number of methoxy groups -OCH3 is 1. The molecule has 4 N–H and O–H groups in total. The second-order valence-corrected chi connectivity index (χ2v) is 6.81. The molecule has 1 aromatic rings. The van der Waals surface area contributed by atoms with E-state index >= 15 is 0 Å². The quantitative estimate of drug-likeness (QED) is 0.305. The highest BCUT2D eigenvalue weighted by Gasteiger charge is 2.21. The van der Waals surface area contributed by atoms with Crippen molar-refractivity contribution in [2.24, 2.45) is 10.7 Å². The predicted octanol–water partition coefficient (Wildman–Crippen LogP) is 2.67. The van der Waals surface area contributed by atoms with Crippen molar-refractivity contribution in [1.29, 1.82) is 0 Å². The number of ether oxygens (including phenoxy) is 1. The van der Waals surface area contributed by atoms with Crippen molar-refractivity contribution in [3.8, 4) is 5.75 Å². The van der Waals surface area contributed by atoms with Crippen LogP contribution in [0.5, 0.6) is 5.75 Å². The fourth-order valence-electron chi connectivity index (χ4n) is 2.79. The SMILES string of the molecule is CCNC(=NCc1cc(Br)ccc1OC)NC1CCN(C(N)=O)CC1.I. The molecule has 1 aromatic carbocycles. The summed E-state index contributed by atoms with van der Waals surface area (Å²) in [6, 6.07) is 5.81. The molecule has 146 valence electrons. The Bertz CT molecular complexity index is 621. The number of guanidine groups is 1. The van der Waals surface area contributed by atoms with E-state index in [1.807, 2.05) is 25.1 Å². The minimum Gasteiger partial charge on any atom is -0.496 e. The summed E-state index contributed by atoms with van der Waals surface area (Å²) in [6.07, 6.45) is 1.71. The van der Waals surface area contributed by atoms with Gasteiger partial charge in [0.05, 0.1) is 13.7 Å². The number of primary amides is 1. The van der Waals surface area contributed by atoms with Crippen LogP contribution in [0.3, 0.4) is 0 Å². The van der Waals surface area contributed by atoms with Gasteiger partial charge in [-0.2, -0.15) is 0 Å². The highest BCUT2D eigenvalue weighted by molar-refractivity contribution is 14.0. The number of benzene rings is 1. The molecule has 1 aliphatic heterocycles. The molecule has 1 aliphatic rings. The molecule has 1 fully saturated rings. The van der Waals surface area contributed by atoms with E-state index in [9.17, 15) is 4.79 Å². The molecule has 1 heterocycles. The Labute approximate surface area is 180 Å². The van der Waals surface area contributed by atoms with Crippen LogP contribution in [-0.2, 0) is 6.54 Å². The third-order valence-corrected chi connectivity index (χ3v) is 4.63. The molecule has 0 bridgehead atoms. The summed E-state index contributed by atoms with van der Waals surface area (Å²) in [4.78, 5) is 17.6. The van der Waals surface area contributed by atoms with Crippen molar-refractivity contribution in [3.63, 3.8) is 0 Å². The van der Waals surface area contributed by atoms with Gasteiger partial charge in [0, 0.05) is 35.7 Å². The zero-order chi connectivity index (χ0) is 18.2. The van der Waals surface area contributed by atoms with Crippen molar-refractivity contribution in [2.45, 2.75) is 32.4 Å². The van der Waals surface area contributed by atoms with Crippen LogP contribution in [0, 0.1) is 0 Å². The highest BCUT2D eigenvalue weighted by atomic mass is 127. The fraction of sp³-hybridized carbons (Fsp3) is 0.529. The van der Waals surface area contributed by atoms with E-state index in [1.165, 1.54) is 0 Å². The molecular weight excluding hydrogens is 513 g/mol. The third kappa shape index (κ3) is 6.82. The largest absolute Gasteiger partial charge is 0.496 e. The van der Waals surface area contributed by atoms with Crippen LogP contribution < -0.4 is 21.1 Å². The van der Waals surface area contributed by atoms with Gasteiger partial charge in [0.2, 0.25) is 0 Å². The van der Waals surface area contributed by atoms with E-state index in [-0.39, 0.29) is 36.0 Å². The van der Waals surface area contributed by atoms with Crippen LogP contribution >= 0.6 is 39.9 Å². The zero-order valence-electron chi connectivity index (χ0n) is 15.1. The highest BCUT2D eigenvalue weighted by Crippen LogP contribution is 2.23. The third-order valence-electron chi connectivity index (χ3n) is 4.14. The number of piperidine rings is 1. The van der Waals surface area contributed by atoms with E-state index in [2.05, 4.69) is 31.6 Å². The predicted molar refractivity (Wildman–Crippen MR) is 118 cm³/mol. The number of nitrogens with zero attached hydrogens (tertiary/aromatic N) is 2. The Morgan fingerprint density at radius 1 is 1.42 bits per heavy atom. The van der Waals surface area contributed by atoms with Crippen molar-refractivity contribution in [3.05, 3.63) is 28.2 Å². The van der Waals surface area contributed by atoms with Gasteiger partial charge >= 0.3 is 6.03 Å². The van der Waals surface area contributed by atoms with E-state index < -0.39 is 0 Å². The monoisotopic (exact) mass is 539 g/mol. The molecule has 2 amide bonds. The number of carbonyl (C=O) groups is 1. The number of halogens is 2. The molecular formula is C17H27BrIN5O2. The maximum absolute atomic E-state index is 11.2. The molecule has 0 aromatic heterocycles. The average Bonchev–Trinajstić information content (AvgIpc) is 2.60. The van der Waals surface area contributed by atoms with Gasteiger partial charge in [-0.05, 0) is 38.0 Å². The number of carbonyl (C=O) groups excluding carboxylic acids is 1. The minimum atomic E-state index is -0.347. The van der Waals surface area contributed by atoms with Gasteiger partial charge in [0.1, 0.15) is 5.75 Å². The number of rotatable bonds is 5. The molecule has 0 radical (unpaired) electrons. The smallest absolute Gasteiger partial charge is 0.314 e. The Balaban J connectivity index is 0.00000338. The Hall–Kier alpha value is -1.23. The lowest BCUT2D eigenvalue weighted by Gasteiger charge is -2.32. The first kappa shape index (κ1) is 22.8. The number of amides is 2. The number of aliphatic imine (C=N–C) groups is 1. The van der Waals surface area contributed by atoms with Gasteiger partial charge in [-0.15, -0.1) is 24.0 Å². The lowest BCUT2D eigenvalue weighted by molar-refractivity contribution is 0.188. The van der Waals surface area contributed by atoms with Crippen LogP contribution in [-0.4, -0.2) is 49.7 Å². The van der Waals surface area contributed by atoms with Crippen molar-refractivity contribution >= 4 is 51.9 Å². The normalized spacial score (nSPS) is 15.2. The van der Waals surface area contributed by atoms with Crippen LogP contribution in [0.15, 0.2) is 27.7 Å². The molecule has 9 heteroatoms. The topological polar surface area (TPSA) is 92.0 Å². The molecule has 0 aliphatic carbocycles. The lowest BCUT2D eigenvalue weighted by atomic mass is 10.1. The first-order valence-corrected chi connectivity index (χ1v) is 9.24. The maximum Gasteiger partial charge on any atom is 0.314 e. The lowest BCUT2D eigenvalue weighted by Crippen LogP contribution is -2.50. The molecule has 7 nitrogen and oxygen atoms in total. The van der Waals surface area contributed by atoms with Crippen LogP contribution in [0.4, 0.5) is 4.79 Å². The standard InChI is InChI=1S/C17H26BrN5O2.HI/c1-3-20-17(22-14-6-8-23(9-7-14)16(19)24)21-11-12-10-13(18)4-5-15(12)25-2;/h4-5,10,14H,3,6-9,11H2,1-2H3,(H2,19,24)(H2,20,21,22);1H. The molecule has 0 atom stereocenters. The van der Waals surface area contributed by atoms with E-state index in [0.717, 1.165) is 41.1 Å². The average molecular weight is 540 g/mol. The molecule has 2 rings (SSSR count). The minimum absolute atomic E-state index is 0. The fourth-order valence-corrected chi connectivity index (χ4v) is 3.20. The summed E-state index contributed by atoms with van der Waals surface area (Å²) in [5.74, 6) is 1.58. The van der Waals surface area contributed by atoms with Crippen molar-refractivity contribution in [1.82, 2.24) is 15.5 Å². The first-order valence-electron chi connectivity index (χ1n) is 8.45. The van der Waals surface area contributed by atoms with Gasteiger partial charge in [0.15, 0.2) is 5.96 Å².